The van der Waals surface area contributed by atoms with Crippen LogP contribution in [0.5, 0.6) is 0 Å². The van der Waals surface area contributed by atoms with Crippen molar-refractivity contribution in [3.05, 3.63) is 35.4 Å². The molecule has 1 aromatic carbocycles. The third kappa shape index (κ3) is 1.96. The van der Waals surface area contributed by atoms with Crippen LogP contribution in [0, 0.1) is 11.8 Å². The molecule has 2 fully saturated rings. The highest BCUT2D eigenvalue weighted by Gasteiger charge is 2.40. The van der Waals surface area contributed by atoms with Crippen molar-refractivity contribution in [3.8, 4) is 0 Å². The molecule has 2 saturated heterocycles. The zero-order chi connectivity index (χ0) is 13.5. The summed E-state index contributed by atoms with van der Waals surface area (Å²) in [4.78, 5) is 15.1. The molecule has 3 aliphatic rings. The number of carbonyl (C=O) groups excluding carboxylic acids is 1. The zero-order valence-electron chi connectivity index (χ0n) is 11.8. The number of hydrogen-bond acceptors (Lipinski definition) is 2. The van der Waals surface area contributed by atoms with Gasteiger partial charge in [0.15, 0.2) is 0 Å². The number of piperidine rings is 1. The van der Waals surface area contributed by atoms with Crippen LogP contribution in [0.4, 0.5) is 0 Å². The Bertz CT molecular complexity index is 502. The minimum Gasteiger partial charge on any atom is -0.338 e. The Kier molecular flexibility index (Phi) is 3.03. The van der Waals surface area contributed by atoms with E-state index in [2.05, 4.69) is 34.5 Å². The Morgan fingerprint density at radius 1 is 1.15 bits per heavy atom. The molecule has 1 amide bonds. The molecule has 1 aromatic rings. The molecule has 2 atom stereocenters. The van der Waals surface area contributed by atoms with Crippen LogP contribution >= 0.6 is 0 Å². The van der Waals surface area contributed by atoms with Gasteiger partial charge >= 0.3 is 0 Å². The molecule has 1 N–H and O–H groups in total. The fourth-order valence-corrected chi connectivity index (χ4v) is 4.31. The highest BCUT2D eigenvalue weighted by atomic mass is 16.2. The van der Waals surface area contributed by atoms with E-state index in [-0.39, 0.29) is 5.92 Å². The van der Waals surface area contributed by atoms with Gasteiger partial charge in [0.05, 0.1) is 0 Å². The average Bonchev–Trinajstić information content (AvgIpc) is 3.12. The van der Waals surface area contributed by atoms with E-state index in [9.17, 15) is 4.79 Å². The smallest absolute Gasteiger partial charge is 0.226 e. The Hall–Kier alpha value is -1.35. The fraction of sp³-hybridized carbons (Fsp3) is 0.588. The maximum Gasteiger partial charge on any atom is 0.226 e. The molecule has 20 heavy (non-hydrogen) atoms. The summed E-state index contributed by atoms with van der Waals surface area (Å²) in [6, 6.07) is 8.99. The van der Waals surface area contributed by atoms with Crippen molar-refractivity contribution in [1.29, 1.82) is 0 Å². The molecule has 2 aliphatic heterocycles. The normalized spacial score (nSPS) is 29.3. The number of rotatable bonds is 1. The van der Waals surface area contributed by atoms with Crippen molar-refractivity contribution in [2.45, 2.75) is 31.7 Å². The van der Waals surface area contributed by atoms with Crippen LogP contribution in [0.1, 0.15) is 24.0 Å². The van der Waals surface area contributed by atoms with Gasteiger partial charge in [-0.2, -0.15) is 0 Å². The summed E-state index contributed by atoms with van der Waals surface area (Å²) in [5, 5.41) is 3.46. The van der Waals surface area contributed by atoms with E-state index >= 15 is 0 Å². The van der Waals surface area contributed by atoms with E-state index < -0.39 is 0 Å². The second-order valence-corrected chi connectivity index (χ2v) is 6.53. The molecule has 3 heteroatoms. The van der Waals surface area contributed by atoms with Crippen LogP contribution in [0.25, 0.3) is 0 Å². The summed E-state index contributed by atoms with van der Waals surface area (Å²) >= 11 is 0. The molecule has 3 nitrogen and oxygen atoms in total. The highest BCUT2D eigenvalue weighted by Crippen LogP contribution is 2.32. The number of likely N-dealkylation sites (tertiary alicyclic amines) is 1. The van der Waals surface area contributed by atoms with E-state index in [1.165, 1.54) is 24.0 Å². The predicted octanol–water partition coefficient (Wildman–Crippen LogP) is 1.61. The third-order valence-corrected chi connectivity index (χ3v) is 5.36. The first-order chi connectivity index (χ1) is 9.83. The van der Waals surface area contributed by atoms with Crippen LogP contribution in [0.3, 0.4) is 0 Å². The van der Waals surface area contributed by atoms with Crippen molar-refractivity contribution in [2.75, 3.05) is 19.6 Å². The fourth-order valence-electron chi connectivity index (χ4n) is 4.31. The maximum atomic E-state index is 12.9. The standard InChI is InChI=1S/C17H22N2O/c20-17(15-8-12-4-1-2-5-13(12)9-15)19-7-3-6-14-10-18-11-16(14)19/h1-2,4-5,14-16,18H,3,6-11H2. The van der Waals surface area contributed by atoms with Gasteiger partial charge in [-0.05, 0) is 42.7 Å². The van der Waals surface area contributed by atoms with E-state index in [4.69, 9.17) is 0 Å². The lowest BCUT2D eigenvalue weighted by molar-refractivity contribution is -0.139. The van der Waals surface area contributed by atoms with Crippen molar-refractivity contribution in [1.82, 2.24) is 10.2 Å². The van der Waals surface area contributed by atoms with Crippen molar-refractivity contribution < 1.29 is 4.79 Å². The summed E-state index contributed by atoms with van der Waals surface area (Å²) in [7, 11) is 0. The van der Waals surface area contributed by atoms with Gasteiger partial charge in [0.25, 0.3) is 0 Å². The third-order valence-electron chi connectivity index (χ3n) is 5.36. The molecule has 106 valence electrons. The van der Waals surface area contributed by atoms with Crippen molar-refractivity contribution in [3.63, 3.8) is 0 Å². The first kappa shape index (κ1) is 12.4. The van der Waals surface area contributed by atoms with Gasteiger partial charge < -0.3 is 10.2 Å². The Morgan fingerprint density at radius 2 is 1.90 bits per heavy atom. The molecular formula is C17H22N2O. The Labute approximate surface area is 120 Å². The number of hydrogen-bond donors (Lipinski definition) is 1. The predicted molar refractivity (Wildman–Crippen MR) is 78.4 cm³/mol. The number of nitrogens with zero attached hydrogens (tertiary/aromatic N) is 1. The minimum atomic E-state index is 0.187. The highest BCUT2D eigenvalue weighted by molar-refractivity contribution is 5.81. The van der Waals surface area contributed by atoms with Crippen molar-refractivity contribution >= 4 is 5.91 Å². The summed E-state index contributed by atoms with van der Waals surface area (Å²) in [6.45, 7) is 3.06. The molecule has 0 radical (unpaired) electrons. The minimum absolute atomic E-state index is 0.187. The number of nitrogens with one attached hydrogen (secondary N) is 1. The van der Waals surface area contributed by atoms with Crippen LogP contribution in [-0.2, 0) is 17.6 Å². The molecule has 4 rings (SSSR count). The quantitative estimate of drug-likeness (QED) is 0.841. The van der Waals surface area contributed by atoms with E-state index in [1.807, 2.05) is 0 Å². The molecule has 0 aromatic heterocycles. The molecule has 2 heterocycles. The number of fused-ring (bicyclic) bond motifs is 2. The lowest BCUT2D eigenvalue weighted by atomic mass is 9.90. The summed E-state index contributed by atoms with van der Waals surface area (Å²) in [5.74, 6) is 1.28. The largest absolute Gasteiger partial charge is 0.338 e. The van der Waals surface area contributed by atoms with Gasteiger partial charge in [0, 0.05) is 31.6 Å². The average molecular weight is 270 g/mol. The van der Waals surface area contributed by atoms with Crippen LogP contribution in [0.2, 0.25) is 0 Å². The topological polar surface area (TPSA) is 32.3 Å². The SMILES string of the molecule is O=C(C1Cc2ccccc2C1)N1CCCC2CNCC21. The van der Waals surface area contributed by atoms with E-state index in [0.29, 0.717) is 17.9 Å². The van der Waals surface area contributed by atoms with E-state index in [0.717, 1.165) is 32.5 Å². The lowest BCUT2D eigenvalue weighted by Crippen LogP contribution is -2.50. The number of amides is 1. The van der Waals surface area contributed by atoms with Crippen LogP contribution in [-0.4, -0.2) is 36.5 Å². The molecule has 0 saturated carbocycles. The first-order valence-corrected chi connectivity index (χ1v) is 7.91. The van der Waals surface area contributed by atoms with Gasteiger partial charge in [-0.3, -0.25) is 4.79 Å². The Morgan fingerprint density at radius 3 is 2.65 bits per heavy atom. The molecular weight excluding hydrogens is 248 g/mol. The maximum absolute atomic E-state index is 12.9. The zero-order valence-corrected chi connectivity index (χ0v) is 11.8. The molecule has 1 aliphatic carbocycles. The van der Waals surface area contributed by atoms with Gasteiger partial charge in [-0.25, -0.2) is 0 Å². The number of benzene rings is 1. The second-order valence-electron chi connectivity index (χ2n) is 6.53. The van der Waals surface area contributed by atoms with Gasteiger partial charge in [0.2, 0.25) is 5.91 Å². The van der Waals surface area contributed by atoms with Gasteiger partial charge in [0.1, 0.15) is 0 Å². The lowest BCUT2D eigenvalue weighted by Gasteiger charge is -2.38. The van der Waals surface area contributed by atoms with Gasteiger partial charge in [-0.15, -0.1) is 0 Å². The summed E-state index contributed by atoms with van der Waals surface area (Å²) < 4.78 is 0. The van der Waals surface area contributed by atoms with E-state index in [1.54, 1.807) is 0 Å². The van der Waals surface area contributed by atoms with Crippen LogP contribution in [0.15, 0.2) is 24.3 Å². The van der Waals surface area contributed by atoms with Crippen LogP contribution < -0.4 is 5.32 Å². The summed E-state index contributed by atoms with van der Waals surface area (Å²) in [5.41, 5.74) is 2.76. The van der Waals surface area contributed by atoms with Gasteiger partial charge in [-0.1, -0.05) is 24.3 Å². The molecule has 0 bridgehead atoms. The number of carbonyl (C=O) groups is 1. The van der Waals surface area contributed by atoms with Crippen molar-refractivity contribution in [2.24, 2.45) is 11.8 Å². The molecule has 2 unspecified atom stereocenters. The Balaban J connectivity index is 1.51. The first-order valence-electron chi connectivity index (χ1n) is 7.91. The molecule has 0 spiro atoms. The second kappa shape index (κ2) is 4.88. The summed E-state index contributed by atoms with van der Waals surface area (Å²) in [6.07, 6.45) is 4.34. The monoisotopic (exact) mass is 270 g/mol.